The summed E-state index contributed by atoms with van der Waals surface area (Å²) in [6.45, 7) is 1.93. The molecule has 5 nitrogen and oxygen atoms in total. The molecule has 3 rings (SSSR count). The molecule has 0 fully saturated rings. The van der Waals surface area contributed by atoms with Gasteiger partial charge in [-0.2, -0.15) is 0 Å². The lowest BCUT2D eigenvalue weighted by molar-refractivity contribution is 0.0319. The van der Waals surface area contributed by atoms with E-state index in [9.17, 15) is 9.59 Å². The minimum atomic E-state index is -0.876. The molecule has 1 unspecified atom stereocenters. The van der Waals surface area contributed by atoms with Crippen LogP contribution in [0.15, 0.2) is 63.9 Å². The number of Topliss-reactive ketones (excluding diaryl/α,β-unsaturated/α-hetero) is 1. The summed E-state index contributed by atoms with van der Waals surface area (Å²) in [4.78, 5) is 28.8. The van der Waals surface area contributed by atoms with E-state index in [4.69, 9.17) is 9.47 Å². The second-order valence-corrected chi connectivity index (χ2v) is 7.35. The standard InChI is InChI=1S/C20H16BrNO4S/c1-13(19(23)14-2-6-16(21)7-3-14)26-20(24)15-4-8-18(9-5-15)25-10-17-11-27-12-22-17/h2-9,11-13H,10H2,1H3. The Morgan fingerprint density at radius 1 is 1.07 bits per heavy atom. The van der Waals surface area contributed by atoms with Gasteiger partial charge in [0.15, 0.2) is 6.10 Å². The number of halogens is 1. The van der Waals surface area contributed by atoms with Gasteiger partial charge in [0.25, 0.3) is 0 Å². The van der Waals surface area contributed by atoms with E-state index in [1.54, 1.807) is 61.0 Å². The molecule has 1 aromatic heterocycles. The van der Waals surface area contributed by atoms with E-state index in [1.165, 1.54) is 11.3 Å². The van der Waals surface area contributed by atoms with Crippen LogP contribution in [-0.4, -0.2) is 22.8 Å². The highest BCUT2D eigenvalue weighted by atomic mass is 79.9. The molecule has 0 amide bonds. The summed E-state index contributed by atoms with van der Waals surface area (Å²) in [6, 6.07) is 13.5. The Morgan fingerprint density at radius 3 is 2.37 bits per heavy atom. The van der Waals surface area contributed by atoms with Crippen LogP contribution in [0.2, 0.25) is 0 Å². The number of carbonyl (C=O) groups is 2. The van der Waals surface area contributed by atoms with Gasteiger partial charge in [-0.25, -0.2) is 9.78 Å². The first-order valence-electron chi connectivity index (χ1n) is 8.13. The maximum atomic E-state index is 12.4. The number of benzene rings is 2. The monoisotopic (exact) mass is 445 g/mol. The molecule has 0 bridgehead atoms. The van der Waals surface area contributed by atoms with Gasteiger partial charge in [-0.3, -0.25) is 4.79 Å². The zero-order valence-electron chi connectivity index (χ0n) is 14.4. The second kappa shape index (κ2) is 8.92. The average Bonchev–Trinajstić information content (AvgIpc) is 3.20. The van der Waals surface area contributed by atoms with Crippen molar-refractivity contribution >= 4 is 39.0 Å². The Morgan fingerprint density at radius 2 is 1.74 bits per heavy atom. The zero-order valence-corrected chi connectivity index (χ0v) is 16.8. The van der Waals surface area contributed by atoms with Crippen molar-refractivity contribution in [2.75, 3.05) is 0 Å². The summed E-state index contributed by atoms with van der Waals surface area (Å²) in [7, 11) is 0. The van der Waals surface area contributed by atoms with Gasteiger partial charge in [0, 0.05) is 15.4 Å². The van der Waals surface area contributed by atoms with E-state index >= 15 is 0 Å². The molecule has 7 heteroatoms. The van der Waals surface area contributed by atoms with Crippen LogP contribution in [0.25, 0.3) is 0 Å². The number of rotatable bonds is 7. The van der Waals surface area contributed by atoms with Gasteiger partial charge in [0.05, 0.1) is 16.8 Å². The summed E-state index contributed by atoms with van der Waals surface area (Å²) in [6.07, 6.45) is -0.876. The summed E-state index contributed by atoms with van der Waals surface area (Å²) in [5.41, 5.74) is 3.44. The predicted molar refractivity (Wildman–Crippen MR) is 106 cm³/mol. The van der Waals surface area contributed by atoms with Crippen molar-refractivity contribution in [3.8, 4) is 5.75 Å². The fourth-order valence-corrected chi connectivity index (χ4v) is 3.09. The third-order valence-electron chi connectivity index (χ3n) is 3.74. The van der Waals surface area contributed by atoms with Crippen molar-refractivity contribution in [2.24, 2.45) is 0 Å². The highest BCUT2D eigenvalue weighted by molar-refractivity contribution is 9.10. The lowest BCUT2D eigenvalue weighted by Gasteiger charge is -2.13. The third-order valence-corrected chi connectivity index (χ3v) is 4.91. The van der Waals surface area contributed by atoms with Crippen molar-refractivity contribution in [1.29, 1.82) is 0 Å². The minimum absolute atomic E-state index is 0.251. The molecule has 0 saturated heterocycles. The first-order valence-corrected chi connectivity index (χ1v) is 9.87. The van der Waals surface area contributed by atoms with Gasteiger partial charge in [-0.05, 0) is 43.3 Å². The van der Waals surface area contributed by atoms with E-state index in [0.29, 0.717) is 23.5 Å². The molecule has 0 aliphatic heterocycles. The third kappa shape index (κ3) is 5.24. The Kier molecular flexibility index (Phi) is 6.36. The molecular weight excluding hydrogens is 430 g/mol. The number of ether oxygens (including phenoxy) is 2. The molecule has 1 heterocycles. The smallest absolute Gasteiger partial charge is 0.338 e. The van der Waals surface area contributed by atoms with Crippen LogP contribution >= 0.6 is 27.3 Å². The maximum Gasteiger partial charge on any atom is 0.338 e. The molecule has 0 aliphatic rings. The van der Waals surface area contributed by atoms with Gasteiger partial charge in [-0.1, -0.05) is 28.1 Å². The van der Waals surface area contributed by atoms with E-state index in [2.05, 4.69) is 20.9 Å². The number of ketones is 1. The van der Waals surface area contributed by atoms with Crippen LogP contribution in [-0.2, 0) is 11.3 Å². The Bertz CT molecular complexity index is 908. The lowest BCUT2D eigenvalue weighted by atomic mass is 10.1. The lowest BCUT2D eigenvalue weighted by Crippen LogP contribution is -2.24. The number of carbonyl (C=O) groups excluding carboxylic acids is 2. The first kappa shape index (κ1) is 19.3. The number of esters is 1. The van der Waals surface area contributed by atoms with E-state index in [-0.39, 0.29) is 5.78 Å². The van der Waals surface area contributed by atoms with Crippen LogP contribution < -0.4 is 4.74 Å². The van der Waals surface area contributed by atoms with Gasteiger partial charge < -0.3 is 9.47 Å². The van der Waals surface area contributed by atoms with Crippen molar-refractivity contribution in [3.05, 3.63) is 80.7 Å². The van der Waals surface area contributed by atoms with Gasteiger partial charge in [0.2, 0.25) is 5.78 Å². The zero-order chi connectivity index (χ0) is 19.2. The second-order valence-electron chi connectivity index (χ2n) is 5.71. The van der Waals surface area contributed by atoms with Crippen LogP contribution in [0.5, 0.6) is 5.75 Å². The summed E-state index contributed by atoms with van der Waals surface area (Å²) < 4.78 is 11.8. The topological polar surface area (TPSA) is 65.5 Å². The van der Waals surface area contributed by atoms with E-state index < -0.39 is 12.1 Å². The molecule has 27 heavy (non-hydrogen) atoms. The number of aromatic nitrogens is 1. The fraction of sp³-hybridized carbons (Fsp3) is 0.150. The number of thiazole rings is 1. The normalized spacial score (nSPS) is 11.6. The van der Waals surface area contributed by atoms with E-state index in [0.717, 1.165) is 10.2 Å². The predicted octanol–water partition coefficient (Wildman–Crippen LogP) is 4.91. The molecular formula is C20H16BrNO4S. The summed E-state index contributed by atoms with van der Waals surface area (Å²) >= 11 is 4.83. The average molecular weight is 446 g/mol. The van der Waals surface area contributed by atoms with Crippen molar-refractivity contribution < 1.29 is 19.1 Å². The number of hydrogen-bond donors (Lipinski definition) is 0. The Balaban J connectivity index is 1.56. The van der Waals surface area contributed by atoms with Crippen LogP contribution in [0.4, 0.5) is 0 Å². The van der Waals surface area contributed by atoms with Crippen LogP contribution in [0, 0.1) is 0 Å². The molecule has 0 N–H and O–H groups in total. The molecule has 3 aromatic rings. The molecule has 1 atom stereocenters. The van der Waals surface area contributed by atoms with Crippen molar-refractivity contribution in [3.63, 3.8) is 0 Å². The first-order chi connectivity index (χ1) is 13.0. The van der Waals surface area contributed by atoms with Crippen molar-refractivity contribution in [1.82, 2.24) is 4.98 Å². The maximum absolute atomic E-state index is 12.4. The Hall–Kier alpha value is -2.51. The van der Waals surface area contributed by atoms with Gasteiger partial charge in [-0.15, -0.1) is 11.3 Å². The van der Waals surface area contributed by atoms with Crippen molar-refractivity contribution in [2.45, 2.75) is 19.6 Å². The largest absolute Gasteiger partial charge is 0.487 e. The highest BCUT2D eigenvalue weighted by Gasteiger charge is 2.20. The molecule has 0 radical (unpaired) electrons. The van der Waals surface area contributed by atoms with E-state index in [1.807, 2.05) is 5.38 Å². The molecule has 0 aliphatic carbocycles. The number of nitrogens with zero attached hydrogens (tertiary/aromatic N) is 1. The van der Waals surface area contributed by atoms with Crippen LogP contribution in [0.3, 0.4) is 0 Å². The summed E-state index contributed by atoms with van der Waals surface area (Å²) in [5, 5.41) is 1.91. The molecule has 2 aromatic carbocycles. The fourth-order valence-electron chi connectivity index (χ4n) is 2.28. The quantitative estimate of drug-likeness (QED) is 0.381. The minimum Gasteiger partial charge on any atom is -0.487 e. The molecule has 0 spiro atoms. The van der Waals surface area contributed by atoms with Gasteiger partial charge >= 0.3 is 5.97 Å². The highest BCUT2D eigenvalue weighted by Crippen LogP contribution is 2.17. The van der Waals surface area contributed by atoms with Crippen LogP contribution in [0.1, 0.15) is 33.3 Å². The number of hydrogen-bond acceptors (Lipinski definition) is 6. The summed E-state index contributed by atoms with van der Waals surface area (Å²) in [5.74, 6) is -0.184. The molecule has 0 saturated carbocycles. The SMILES string of the molecule is CC(OC(=O)c1ccc(OCc2cscn2)cc1)C(=O)c1ccc(Br)cc1. The Labute approximate surface area is 169 Å². The van der Waals surface area contributed by atoms with Gasteiger partial charge in [0.1, 0.15) is 12.4 Å². The molecule has 138 valence electrons.